The second-order valence-electron chi connectivity index (χ2n) is 8.95. The van der Waals surface area contributed by atoms with Crippen molar-refractivity contribution in [2.45, 2.75) is 19.4 Å². The summed E-state index contributed by atoms with van der Waals surface area (Å²) >= 11 is 0. The highest BCUT2D eigenvalue weighted by Crippen LogP contribution is 2.24. The Balaban J connectivity index is 1.14. The van der Waals surface area contributed by atoms with Gasteiger partial charge in [0.05, 0.1) is 23.7 Å². The number of H-pyrrole nitrogens is 2. The van der Waals surface area contributed by atoms with Crippen LogP contribution in [-0.4, -0.2) is 84.0 Å². The highest BCUT2D eigenvalue weighted by atomic mass is 16.4. The first kappa shape index (κ1) is 24.9. The Bertz CT molecular complexity index is 1440. The second kappa shape index (κ2) is 11.1. The molecule has 0 atom stereocenters. The van der Waals surface area contributed by atoms with Crippen molar-refractivity contribution < 1.29 is 19.5 Å². The fourth-order valence-corrected chi connectivity index (χ4v) is 4.33. The molecule has 13 nitrogen and oxygen atoms in total. The molecular weight excluding hydrogens is 490 g/mol. The number of aromatic amines is 2. The van der Waals surface area contributed by atoms with Gasteiger partial charge in [0.15, 0.2) is 0 Å². The van der Waals surface area contributed by atoms with Gasteiger partial charge >= 0.3 is 5.97 Å². The monoisotopic (exact) mass is 517 g/mol. The number of benzene rings is 1. The van der Waals surface area contributed by atoms with Crippen LogP contribution in [0, 0.1) is 0 Å². The number of piperazine rings is 1. The van der Waals surface area contributed by atoms with Crippen LogP contribution in [0.1, 0.15) is 28.9 Å². The van der Waals surface area contributed by atoms with Gasteiger partial charge in [-0.15, -0.1) is 0 Å². The molecular formula is C25H27N9O4. The average molecular weight is 518 g/mol. The van der Waals surface area contributed by atoms with Crippen LogP contribution in [0.3, 0.4) is 0 Å². The standard InChI is InChI=1S/C25H27N9O4/c35-20(5-6-21(36)37)34-11-9-33(10-12-34)14-16-1-3-17(4-2-16)30-25(38)22-19(13-29-32-22)31-24-18-7-8-26-23(18)27-15-28-24/h1-4,7-8,13,15H,5-6,9-12,14H2,(H,29,32)(H,30,38)(H,36,37)(H2,26,27,28,31). The smallest absolute Gasteiger partial charge is 0.303 e. The maximum absolute atomic E-state index is 12.9. The third-order valence-electron chi connectivity index (χ3n) is 6.37. The first-order chi connectivity index (χ1) is 18.5. The molecule has 0 spiro atoms. The Morgan fingerprint density at radius 2 is 1.79 bits per heavy atom. The van der Waals surface area contributed by atoms with Gasteiger partial charge in [0.2, 0.25) is 5.91 Å². The van der Waals surface area contributed by atoms with E-state index in [2.05, 4.69) is 40.7 Å². The molecule has 2 amide bonds. The van der Waals surface area contributed by atoms with E-state index < -0.39 is 5.97 Å². The SMILES string of the molecule is O=C(O)CCC(=O)N1CCN(Cc2ccc(NC(=O)c3[nH]ncc3Nc3ncnc4[nH]ccc34)cc2)CC1. The summed E-state index contributed by atoms with van der Waals surface area (Å²) in [6.07, 6.45) is 4.63. The van der Waals surface area contributed by atoms with Gasteiger partial charge in [-0.2, -0.15) is 5.10 Å². The first-order valence-electron chi connectivity index (χ1n) is 12.2. The number of aliphatic carboxylic acids is 1. The van der Waals surface area contributed by atoms with Crippen molar-refractivity contribution in [2.24, 2.45) is 0 Å². The third-order valence-corrected chi connectivity index (χ3v) is 6.37. The van der Waals surface area contributed by atoms with Crippen LogP contribution in [-0.2, 0) is 16.1 Å². The zero-order valence-corrected chi connectivity index (χ0v) is 20.5. The van der Waals surface area contributed by atoms with Crippen LogP contribution in [0.25, 0.3) is 11.0 Å². The number of hydrogen-bond donors (Lipinski definition) is 5. The lowest BCUT2D eigenvalue weighted by Gasteiger charge is -2.34. The number of nitrogens with zero attached hydrogens (tertiary/aromatic N) is 5. The van der Waals surface area contributed by atoms with Gasteiger partial charge in [-0.05, 0) is 23.8 Å². The van der Waals surface area contributed by atoms with E-state index in [4.69, 9.17) is 5.11 Å². The van der Waals surface area contributed by atoms with Crippen molar-refractivity contribution in [1.82, 2.24) is 34.9 Å². The maximum atomic E-state index is 12.9. The van der Waals surface area contributed by atoms with Gasteiger partial charge in [0, 0.05) is 51.0 Å². The van der Waals surface area contributed by atoms with Gasteiger partial charge in [-0.1, -0.05) is 12.1 Å². The number of fused-ring (bicyclic) bond motifs is 1. The molecule has 13 heteroatoms. The zero-order chi connectivity index (χ0) is 26.5. The molecule has 5 N–H and O–H groups in total. The van der Waals surface area contributed by atoms with E-state index >= 15 is 0 Å². The van der Waals surface area contributed by atoms with Gasteiger partial charge in [0.25, 0.3) is 5.91 Å². The van der Waals surface area contributed by atoms with E-state index in [9.17, 15) is 14.4 Å². The van der Waals surface area contributed by atoms with Crippen molar-refractivity contribution in [3.8, 4) is 0 Å². The number of nitrogens with one attached hydrogen (secondary N) is 4. The summed E-state index contributed by atoms with van der Waals surface area (Å²) < 4.78 is 0. The fraction of sp³-hybridized carbons (Fsp3) is 0.280. The van der Waals surface area contributed by atoms with Gasteiger partial charge in [-0.3, -0.25) is 24.4 Å². The number of carboxylic acid groups (broad SMARTS) is 1. The Hall–Kier alpha value is -4.78. The largest absolute Gasteiger partial charge is 0.481 e. The molecule has 0 bridgehead atoms. The summed E-state index contributed by atoms with van der Waals surface area (Å²) in [4.78, 5) is 51.2. The van der Waals surface area contributed by atoms with Crippen LogP contribution in [0.4, 0.5) is 17.2 Å². The lowest BCUT2D eigenvalue weighted by Crippen LogP contribution is -2.48. The molecule has 4 aromatic rings. The number of hydrogen-bond acceptors (Lipinski definition) is 8. The lowest BCUT2D eigenvalue weighted by molar-refractivity contribution is -0.141. The fourth-order valence-electron chi connectivity index (χ4n) is 4.33. The highest BCUT2D eigenvalue weighted by molar-refractivity contribution is 6.07. The van der Waals surface area contributed by atoms with Gasteiger partial charge < -0.3 is 25.6 Å². The molecule has 1 aromatic carbocycles. The molecule has 1 aliphatic heterocycles. The van der Waals surface area contributed by atoms with Crippen LogP contribution < -0.4 is 10.6 Å². The molecule has 0 unspecified atom stereocenters. The number of rotatable bonds is 9. The molecule has 5 rings (SSSR count). The van der Waals surface area contributed by atoms with E-state index in [0.29, 0.717) is 55.6 Å². The predicted octanol–water partition coefficient (Wildman–Crippen LogP) is 2.19. The first-order valence-corrected chi connectivity index (χ1v) is 12.2. The summed E-state index contributed by atoms with van der Waals surface area (Å²) in [6.45, 7) is 3.31. The second-order valence-corrected chi connectivity index (χ2v) is 8.95. The van der Waals surface area contributed by atoms with Crippen LogP contribution in [0.15, 0.2) is 49.1 Å². The maximum Gasteiger partial charge on any atom is 0.303 e. The number of carbonyl (C=O) groups excluding carboxylic acids is 2. The van der Waals surface area contributed by atoms with E-state index in [1.54, 1.807) is 11.1 Å². The Morgan fingerprint density at radius 1 is 1.00 bits per heavy atom. The Kier molecular flexibility index (Phi) is 7.26. The molecule has 0 aliphatic carbocycles. The van der Waals surface area contributed by atoms with Crippen molar-refractivity contribution in [2.75, 3.05) is 36.8 Å². The predicted molar refractivity (Wildman–Crippen MR) is 139 cm³/mol. The number of amides is 2. The van der Waals surface area contributed by atoms with E-state index in [1.807, 2.05) is 30.3 Å². The zero-order valence-electron chi connectivity index (χ0n) is 20.5. The molecule has 1 fully saturated rings. The van der Waals surface area contributed by atoms with Crippen LogP contribution in [0.5, 0.6) is 0 Å². The molecule has 0 radical (unpaired) electrons. The van der Waals surface area contributed by atoms with Crippen molar-refractivity contribution in [3.63, 3.8) is 0 Å². The summed E-state index contributed by atoms with van der Waals surface area (Å²) in [6, 6.07) is 9.44. The Morgan fingerprint density at radius 3 is 2.55 bits per heavy atom. The Labute approximate surface area is 217 Å². The summed E-state index contributed by atoms with van der Waals surface area (Å²) in [5.74, 6) is -0.862. The summed E-state index contributed by atoms with van der Waals surface area (Å²) in [5, 5.41) is 22.3. The number of carbonyl (C=O) groups is 3. The molecule has 1 aliphatic rings. The normalized spacial score (nSPS) is 13.9. The molecule has 3 aromatic heterocycles. The lowest BCUT2D eigenvalue weighted by atomic mass is 10.1. The van der Waals surface area contributed by atoms with Crippen molar-refractivity contribution in [1.29, 1.82) is 0 Å². The van der Waals surface area contributed by atoms with E-state index in [1.165, 1.54) is 12.5 Å². The topological polar surface area (TPSA) is 172 Å². The number of anilines is 3. The molecule has 1 saturated heterocycles. The molecule has 4 heterocycles. The highest BCUT2D eigenvalue weighted by Gasteiger charge is 2.21. The average Bonchev–Trinajstić information content (AvgIpc) is 3.59. The van der Waals surface area contributed by atoms with Crippen LogP contribution in [0.2, 0.25) is 0 Å². The minimum Gasteiger partial charge on any atom is -0.481 e. The minimum absolute atomic E-state index is 0.0377. The van der Waals surface area contributed by atoms with Gasteiger partial charge in [0.1, 0.15) is 23.5 Å². The summed E-state index contributed by atoms with van der Waals surface area (Å²) in [5.41, 5.74) is 3.16. The molecule has 0 saturated carbocycles. The van der Waals surface area contributed by atoms with E-state index in [0.717, 1.165) is 10.9 Å². The minimum atomic E-state index is -0.959. The van der Waals surface area contributed by atoms with Crippen molar-refractivity contribution >= 4 is 46.0 Å². The van der Waals surface area contributed by atoms with Crippen LogP contribution >= 0.6 is 0 Å². The molecule has 196 valence electrons. The van der Waals surface area contributed by atoms with E-state index in [-0.39, 0.29) is 30.3 Å². The van der Waals surface area contributed by atoms with Gasteiger partial charge in [-0.25, -0.2) is 9.97 Å². The third kappa shape index (κ3) is 5.78. The number of aromatic nitrogens is 5. The quantitative estimate of drug-likeness (QED) is 0.223. The van der Waals surface area contributed by atoms with Crippen molar-refractivity contribution in [3.05, 3.63) is 60.3 Å². The number of carboxylic acids is 1. The summed E-state index contributed by atoms with van der Waals surface area (Å²) in [7, 11) is 0. The molecule has 38 heavy (non-hydrogen) atoms.